The quantitative estimate of drug-likeness (QED) is 0.876. The molecule has 3 heteroatoms. The lowest BCUT2D eigenvalue weighted by atomic mass is 10.1. The summed E-state index contributed by atoms with van der Waals surface area (Å²) in [6, 6.07) is 13.8. The van der Waals surface area contributed by atoms with Crippen molar-refractivity contribution in [1.82, 2.24) is 0 Å². The molecule has 2 N–H and O–H groups in total. The topological polar surface area (TPSA) is 41.1 Å². The number of benzene rings is 2. The van der Waals surface area contributed by atoms with Crippen molar-refractivity contribution >= 4 is 17.3 Å². The van der Waals surface area contributed by atoms with Gasteiger partial charge in [-0.05, 0) is 42.7 Å². The van der Waals surface area contributed by atoms with Gasteiger partial charge in [0.15, 0.2) is 0 Å². The van der Waals surface area contributed by atoms with Crippen LogP contribution in [-0.4, -0.2) is 11.9 Å². The molecule has 0 saturated carbocycles. The minimum atomic E-state index is -0.188. The van der Waals surface area contributed by atoms with Crippen LogP contribution in [0.25, 0.3) is 0 Å². The van der Waals surface area contributed by atoms with Crippen LogP contribution in [0.5, 0.6) is 0 Å². The molecular weight excluding hydrogens is 248 g/mol. The van der Waals surface area contributed by atoms with Gasteiger partial charge in [0.25, 0.3) is 0 Å². The van der Waals surface area contributed by atoms with Gasteiger partial charge in [-0.3, -0.25) is 4.79 Å². The van der Waals surface area contributed by atoms with E-state index < -0.39 is 0 Å². The van der Waals surface area contributed by atoms with Crippen LogP contribution in [0.4, 0.5) is 11.4 Å². The standard InChI is InChI=1S/C17H18N2O/c1-11-6-5-9-14(12(11)2)19-17(20)16-10-13-7-3-4-8-15(13)18-16/h3-9,16,18H,10H2,1-2H3,(H,19,20)/t16-/m0/s1. The van der Waals surface area contributed by atoms with Crippen molar-refractivity contribution in [3.05, 3.63) is 59.2 Å². The Bertz CT molecular complexity index is 639. The van der Waals surface area contributed by atoms with Crippen molar-refractivity contribution in [2.45, 2.75) is 26.3 Å². The number of aryl methyl sites for hydroxylation is 1. The molecule has 0 saturated heterocycles. The maximum atomic E-state index is 12.4. The van der Waals surface area contributed by atoms with E-state index >= 15 is 0 Å². The van der Waals surface area contributed by atoms with Crippen LogP contribution in [0, 0.1) is 13.8 Å². The van der Waals surface area contributed by atoms with Crippen molar-refractivity contribution in [2.75, 3.05) is 10.6 Å². The Kier molecular flexibility index (Phi) is 3.18. The first-order valence-electron chi connectivity index (χ1n) is 6.86. The predicted molar refractivity (Wildman–Crippen MR) is 82.1 cm³/mol. The number of rotatable bonds is 2. The smallest absolute Gasteiger partial charge is 0.247 e. The Morgan fingerprint density at radius 3 is 2.75 bits per heavy atom. The number of hydrogen-bond acceptors (Lipinski definition) is 2. The average molecular weight is 266 g/mol. The first-order chi connectivity index (χ1) is 9.65. The lowest BCUT2D eigenvalue weighted by Gasteiger charge is -2.14. The predicted octanol–water partition coefficient (Wildman–Crippen LogP) is 3.28. The van der Waals surface area contributed by atoms with E-state index in [-0.39, 0.29) is 11.9 Å². The SMILES string of the molecule is Cc1cccc(NC(=O)[C@@H]2Cc3ccccc3N2)c1C. The number of para-hydroxylation sites is 1. The number of hydrogen-bond donors (Lipinski definition) is 2. The van der Waals surface area contributed by atoms with Crippen molar-refractivity contribution in [1.29, 1.82) is 0 Å². The molecule has 0 unspecified atom stereocenters. The number of amides is 1. The van der Waals surface area contributed by atoms with Crippen LogP contribution >= 0.6 is 0 Å². The third kappa shape index (κ3) is 2.27. The lowest BCUT2D eigenvalue weighted by Crippen LogP contribution is -2.33. The molecule has 1 heterocycles. The van der Waals surface area contributed by atoms with Gasteiger partial charge in [-0.1, -0.05) is 30.3 Å². The summed E-state index contributed by atoms with van der Waals surface area (Å²) in [6.45, 7) is 4.08. The summed E-state index contributed by atoms with van der Waals surface area (Å²) in [6.07, 6.45) is 0.743. The van der Waals surface area contributed by atoms with Crippen LogP contribution in [0.2, 0.25) is 0 Å². The molecule has 1 atom stereocenters. The summed E-state index contributed by atoms with van der Waals surface area (Å²) in [5, 5.41) is 6.30. The number of anilines is 2. The summed E-state index contributed by atoms with van der Waals surface area (Å²) < 4.78 is 0. The minimum absolute atomic E-state index is 0.0231. The molecule has 3 rings (SSSR count). The third-order valence-electron chi connectivity index (χ3n) is 3.95. The molecule has 20 heavy (non-hydrogen) atoms. The van der Waals surface area contributed by atoms with Crippen molar-refractivity contribution in [2.24, 2.45) is 0 Å². The maximum absolute atomic E-state index is 12.4. The first-order valence-corrected chi connectivity index (χ1v) is 6.86. The highest BCUT2D eigenvalue weighted by molar-refractivity contribution is 5.98. The molecule has 0 aromatic heterocycles. The van der Waals surface area contributed by atoms with Crippen molar-refractivity contribution in [3.63, 3.8) is 0 Å². The van der Waals surface area contributed by atoms with Crippen LogP contribution < -0.4 is 10.6 Å². The van der Waals surface area contributed by atoms with Crippen molar-refractivity contribution in [3.8, 4) is 0 Å². The van der Waals surface area contributed by atoms with E-state index in [1.807, 2.05) is 37.3 Å². The average Bonchev–Trinajstić information content (AvgIpc) is 2.88. The normalized spacial score (nSPS) is 16.4. The van der Waals surface area contributed by atoms with Crippen LogP contribution in [-0.2, 0) is 11.2 Å². The second kappa shape index (κ2) is 5.00. The molecule has 3 nitrogen and oxygen atoms in total. The summed E-state index contributed by atoms with van der Waals surface area (Å²) in [7, 11) is 0. The van der Waals surface area contributed by atoms with Gasteiger partial charge >= 0.3 is 0 Å². The van der Waals surface area contributed by atoms with E-state index in [0.29, 0.717) is 0 Å². The first kappa shape index (κ1) is 12.7. The summed E-state index contributed by atoms with van der Waals surface area (Å²) >= 11 is 0. The van der Waals surface area contributed by atoms with E-state index in [4.69, 9.17) is 0 Å². The summed E-state index contributed by atoms with van der Waals surface area (Å²) in [5.74, 6) is 0.0231. The highest BCUT2D eigenvalue weighted by atomic mass is 16.2. The van der Waals surface area contributed by atoms with Gasteiger partial charge in [0.1, 0.15) is 6.04 Å². The van der Waals surface area contributed by atoms with Crippen LogP contribution in [0.1, 0.15) is 16.7 Å². The Morgan fingerprint density at radius 1 is 1.15 bits per heavy atom. The van der Waals surface area contributed by atoms with Gasteiger partial charge in [-0.15, -0.1) is 0 Å². The van der Waals surface area contributed by atoms with E-state index in [1.54, 1.807) is 0 Å². The summed E-state index contributed by atoms with van der Waals surface area (Å²) in [4.78, 5) is 12.4. The fourth-order valence-corrected chi connectivity index (χ4v) is 2.56. The molecule has 102 valence electrons. The van der Waals surface area contributed by atoms with Crippen LogP contribution in [0.15, 0.2) is 42.5 Å². The number of fused-ring (bicyclic) bond motifs is 1. The van der Waals surface area contributed by atoms with E-state index in [9.17, 15) is 4.79 Å². The number of carbonyl (C=O) groups is 1. The molecule has 0 bridgehead atoms. The highest BCUT2D eigenvalue weighted by Gasteiger charge is 2.26. The highest BCUT2D eigenvalue weighted by Crippen LogP contribution is 2.26. The van der Waals surface area contributed by atoms with Gasteiger partial charge < -0.3 is 10.6 Å². The fraction of sp³-hybridized carbons (Fsp3) is 0.235. The second-order valence-electron chi connectivity index (χ2n) is 5.29. The lowest BCUT2D eigenvalue weighted by molar-refractivity contribution is -0.116. The Morgan fingerprint density at radius 2 is 1.95 bits per heavy atom. The van der Waals surface area contributed by atoms with Gasteiger partial charge in [0, 0.05) is 17.8 Å². The number of nitrogens with one attached hydrogen (secondary N) is 2. The van der Waals surface area contributed by atoms with E-state index in [1.165, 1.54) is 11.1 Å². The number of carbonyl (C=O) groups excluding carboxylic acids is 1. The molecule has 1 aliphatic heterocycles. The molecule has 1 aliphatic rings. The minimum Gasteiger partial charge on any atom is -0.373 e. The van der Waals surface area contributed by atoms with Gasteiger partial charge in [0.2, 0.25) is 5.91 Å². The molecule has 0 spiro atoms. The van der Waals surface area contributed by atoms with E-state index in [0.717, 1.165) is 23.4 Å². The van der Waals surface area contributed by atoms with Gasteiger partial charge in [0.05, 0.1) is 0 Å². The fourth-order valence-electron chi connectivity index (χ4n) is 2.56. The molecular formula is C17H18N2O. The Balaban J connectivity index is 1.74. The Labute approximate surface area is 119 Å². The third-order valence-corrected chi connectivity index (χ3v) is 3.95. The molecule has 0 radical (unpaired) electrons. The zero-order chi connectivity index (χ0) is 14.1. The second-order valence-corrected chi connectivity index (χ2v) is 5.29. The van der Waals surface area contributed by atoms with Crippen LogP contribution in [0.3, 0.4) is 0 Å². The molecule has 0 fully saturated rings. The molecule has 0 aliphatic carbocycles. The zero-order valence-electron chi connectivity index (χ0n) is 11.7. The van der Waals surface area contributed by atoms with E-state index in [2.05, 4.69) is 29.7 Å². The molecule has 1 amide bonds. The van der Waals surface area contributed by atoms with Crippen molar-refractivity contribution < 1.29 is 4.79 Å². The monoisotopic (exact) mass is 266 g/mol. The van der Waals surface area contributed by atoms with Gasteiger partial charge in [-0.2, -0.15) is 0 Å². The Hall–Kier alpha value is -2.29. The maximum Gasteiger partial charge on any atom is 0.247 e. The molecule has 2 aromatic carbocycles. The molecule has 2 aromatic rings. The summed E-state index contributed by atoms with van der Waals surface area (Å²) in [5.41, 5.74) is 5.47. The largest absolute Gasteiger partial charge is 0.373 e. The van der Waals surface area contributed by atoms with Gasteiger partial charge in [-0.25, -0.2) is 0 Å². The zero-order valence-corrected chi connectivity index (χ0v) is 11.7.